The van der Waals surface area contributed by atoms with Crippen molar-refractivity contribution in [3.63, 3.8) is 0 Å². The average molecular weight is 453 g/mol. The summed E-state index contributed by atoms with van der Waals surface area (Å²) in [5.41, 5.74) is 1.73. The fourth-order valence-corrected chi connectivity index (χ4v) is 3.35. The van der Waals surface area contributed by atoms with E-state index in [1.807, 2.05) is 18.2 Å². The Kier molecular flexibility index (Phi) is 5.18. The Morgan fingerprint density at radius 3 is 2.55 bits per heavy atom. The summed E-state index contributed by atoms with van der Waals surface area (Å²) in [4.78, 5) is 25.0. The van der Waals surface area contributed by atoms with E-state index >= 15 is 0 Å². The van der Waals surface area contributed by atoms with Crippen LogP contribution < -0.4 is 10.6 Å². The van der Waals surface area contributed by atoms with Crippen molar-refractivity contribution in [2.24, 2.45) is 0 Å². The van der Waals surface area contributed by atoms with Gasteiger partial charge in [-0.05, 0) is 59.3 Å². The fourth-order valence-electron chi connectivity index (χ4n) is 2.88. The Balaban J connectivity index is 1.47. The standard InChI is InChI=1S/C21H17BrN4O3/c1-13(26-10-4-9-23-26)20(27)24-15-6-3-7-16(12-15)25-21(28)18-11-14-5-2-8-17(22)19(14)29-18/h2-13H,1H3,(H,24,27)(H,25,28). The molecule has 2 aromatic heterocycles. The van der Waals surface area contributed by atoms with Crippen LogP contribution in [0.2, 0.25) is 0 Å². The van der Waals surface area contributed by atoms with Gasteiger partial charge in [0.15, 0.2) is 5.76 Å². The summed E-state index contributed by atoms with van der Waals surface area (Å²) in [5.74, 6) is -0.380. The van der Waals surface area contributed by atoms with E-state index in [9.17, 15) is 9.59 Å². The molecular weight excluding hydrogens is 436 g/mol. The van der Waals surface area contributed by atoms with Crippen molar-refractivity contribution in [3.8, 4) is 0 Å². The van der Waals surface area contributed by atoms with Gasteiger partial charge in [0.05, 0.1) is 4.47 Å². The minimum absolute atomic E-state index is 0.202. The van der Waals surface area contributed by atoms with Crippen molar-refractivity contribution in [1.82, 2.24) is 9.78 Å². The summed E-state index contributed by atoms with van der Waals surface area (Å²) >= 11 is 3.41. The second-order valence-corrected chi connectivity index (χ2v) is 7.31. The number of carbonyl (C=O) groups is 2. The molecule has 1 unspecified atom stereocenters. The molecule has 0 saturated carbocycles. The zero-order chi connectivity index (χ0) is 20.4. The number of rotatable bonds is 5. The number of nitrogens with one attached hydrogen (secondary N) is 2. The number of benzene rings is 2. The summed E-state index contributed by atoms with van der Waals surface area (Å²) in [6, 6.07) is 15.5. The Morgan fingerprint density at radius 2 is 1.83 bits per heavy atom. The molecule has 4 aromatic rings. The van der Waals surface area contributed by atoms with Crippen LogP contribution in [0, 0.1) is 0 Å². The first-order chi connectivity index (χ1) is 14.0. The van der Waals surface area contributed by atoms with E-state index in [4.69, 9.17) is 4.42 Å². The number of carbonyl (C=O) groups excluding carboxylic acids is 2. The maximum Gasteiger partial charge on any atom is 0.291 e. The minimum Gasteiger partial charge on any atom is -0.450 e. The molecule has 2 heterocycles. The quantitative estimate of drug-likeness (QED) is 0.453. The third-order valence-electron chi connectivity index (χ3n) is 4.41. The van der Waals surface area contributed by atoms with Gasteiger partial charge in [-0.15, -0.1) is 0 Å². The van der Waals surface area contributed by atoms with Gasteiger partial charge in [-0.25, -0.2) is 0 Å². The highest BCUT2D eigenvalue weighted by atomic mass is 79.9. The Morgan fingerprint density at radius 1 is 1.07 bits per heavy atom. The first-order valence-corrected chi connectivity index (χ1v) is 9.70. The molecule has 1 atom stereocenters. The number of fused-ring (bicyclic) bond motifs is 1. The molecule has 2 aromatic carbocycles. The third-order valence-corrected chi connectivity index (χ3v) is 5.03. The SMILES string of the molecule is CC(C(=O)Nc1cccc(NC(=O)c2cc3cccc(Br)c3o2)c1)n1cccn1. The Labute approximate surface area is 174 Å². The van der Waals surface area contributed by atoms with Crippen molar-refractivity contribution in [2.45, 2.75) is 13.0 Å². The molecule has 2 N–H and O–H groups in total. The lowest BCUT2D eigenvalue weighted by molar-refractivity contribution is -0.119. The summed E-state index contributed by atoms with van der Waals surface area (Å²) in [7, 11) is 0. The average Bonchev–Trinajstić information content (AvgIpc) is 3.38. The number of halogens is 1. The van der Waals surface area contributed by atoms with Crippen molar-refractivity contribution >= 4 is 50.1 Å². The second kappa shape index (κ2) is 7.92. The number of anilines is 2. The second-order valence-electron chi connectivity index (χ2n) is 6.46. The molecule has 0 fully saturated rings. The van der Waals surface area contributed by atoms with E-state index in [1.165, 1.54) is 0 Å². The topological polar surface area (TPSA) is 89.2 Å². The van der Waals surface area contributed by atoms with E-state index in [-0.39, 0.29) is 17.6 Å². The molecule has 146 valence electrons. The van der Waals surface area contributed by atoms with Crippen LogP contribution in [-0.2, 0) is 4.79 Å². The monoisotopic (exact) mass is 452 g/mol. The number of hydrogen-bond donors (Lipinski definition) is 2. The zero-order valence-electron chi connectivity index (χ0n) is 15.4. The van der Waals surface area contributed by atoms with Crippen LogP contribution in [0.1, 0.15) is 23.5 Å². The molecule has 0 aliphatic heterocycles. The van der Waals surface area contributed by atoms with Gasteiger partial charge in [-0.1, -0.05) is 18.2 Å². The highest BCUT2D eigenvalue weighted by molar-refractivity contribution is 9.10. The summed E-state index contributed by atoms with van der Waals surface area (Å²) in [5, 5.41) is 10.5. The van der Waals surface area contributed by atoms with E-state index in [2.05, 4.69) is 31.7 Å². The van der Waals surface area contributed by atoms with Gasteiger partial charge >= 0.3 is 0 Å². The van der Waals surface area contributed by atoms with Crippen LogP contribution in [0.5, 0.6) is 0 Å². The summed E-state index contributed by atoms with van der Waals surface area (Å²) in [6.45, 7) is 1.76. The van der Waals surface area contributed by atoms with Crippen LogP contribution in [0.3, 0.4) is 0 Å². The van der Waals surface area contributed by atoms with E-state index in [0.717, 1.165) is 9.86 Å². The molecule has 29 heavy (non-hydrogen) atoms. The van der Waals surface area contributed by atoms with Gasteiger partial charge in [-0.2, -0.15) is 5.10 Å². The number of amides is 2. The first-order valence-electron chi connectivity index (χ1n) is 8.91. The van der Waals surface area contributed by atoms with E-state index in [0.29, 0.717) is 17.0 Å². The van der Waals surface area contributed by atoms with Crippen LogP contribution in [0.4, 0.5) is 11.4 Å². The maximum atomic E-state index is 12.6. The minimum atomic E-state index is -0.461. The van der Waals surface area contributed by atoms with Gasteiger partial charge in [0.25, 0.3) is 5.91 Å². The molecule has 7 nitrogen and oxygen atoms in total. The Hall–Kier alpha value is -3.39. The van der Waals surface area contributed by atoms with Crippen molar-refractivity contribution in [3.05, 3.63) is 77.2 Å². The molecule has 0 spiro atoms. The zero-order valence-corrected chi connectivity index (χ0v) is 17.0. The largest absolute Gasteiger partial charge is 0.450 e. The predicted octanol–water partition coefficient (Wildman–Crippen LogP) is 4.84. The lowest BCUT2D eigenvalue weighted by Gasteiger charge is -2.13. The van der Waals surface area contributed by atoms with E-state index < -0.39 is 6.04 Å². The third kappa shape index (κ3) is 4.07. The van der Waals surface area contributed by atoms with Gasteiger partial charge in [0.1, 0.15) is 11.6 Å². The first kappa shape index (κ1) is 18.9. The highest BCUT2D eigenvalue weighted by Crippen LogP contribution is 2.27. The van der Waals surface area contributed by atoms with Crippen LogP contribution >= 0.6 is 15.9 Å². The molecule has 0 radical (unpaired) electrons. The van der Waals surface area contributed by atoms with E-state index in [1.54, 1.807) is 60.4 Å². The lowest BCUT2D eigenvalue weighted by atomic mass is 10.2. The van der Waals surface area contributed by atoms with Crippen molar-refractivity contribution in [1.29, 1.82) is 0 Å². The number of nitrogens with zero attached hydrogens (tertiary/aromatic N) is 2. The molecule has 4 rings (SSSR count). The van der Waals surface area contributed by atoms with Crippen LogP contribution in [0.15, 0.2) is 75.9 Å². The summed E-state index contributed by atoms with van der Waals surface area (Å²) < 4.78 is 8.01. The van der Waals surface area contributed by atoms with Crippen molar-refractivity contribution < 1.29 is 14.0 Å². The lowest BCUT2D eigenvalue weighted by Crippen LogP contribution is -2.24. The smallest absolute Gasteiger partial charge is 0.291 e. The van der Waals surface area contributed by atoms with Crippen molar-refractivity contribution in [2.75, 3.05) is 10.6 Å². The number of para-hydroxylation sites is 1. The number of aromatic nitrogens is 2. The fraction of sp³-hybridized carbons (Fsp3) is 0.0952. The van der Waals surface area contributed by atoms with Crippen LogP contribution in [-0.4, -0.2) is 21.6 Å². The predicted molar refractivity (Wildman–Crippen MR) is 114 cm³/mol. The number of furan rings is 1. The molecular formula is C21H17BrN4O3. The molecule has 2 amide bonds. The molecule has 0 saturated heterocycles. The van der Waals surface area contributed by atoms with Crippen LogP contribution in [0.25, 0.3) is 11.0 Å². The molecule has 0 aliphatic carbocycles. The summed E-state index contributed by atoms with van der Waals surface area (Å²) in [6.07, 6.45) is 3.35. The highest BCUT2D eigenvalue weighted by Gasteiger charge is 2.16. The molecule has 0 aliphatic rings. The van der Waals surface area contributed by atoms with Gasteiger partial charge in [-0.3, -0.25) is 14.3 Å². The maximum absolute atomic E-state index is 12.6. The number of hydrogen-bond acceptors (Lipinski definition) is 4. The Bertz CT molecular complexity index is 1180. The van der Waals surface area contributed by atoms with Gasteiger partial charge < -0.3 is 15.1 Å². The van der Waals surface area contributed by atoms with Gasteiger partial charge in [0.2, 0.25) is 5.91 Å². The molecule has 8 heteroatoms. The normalized spacial score (nSPS) is 11.9. The van der Waals surface area contributed by atoms with Gasteiger partial charge in [0, 0.05) is 29.2 Å². The molecule has 0 bridgehead atoms.